The molecule has 0 radical (unpaired) electrons. The second kappa shape index (κ2) is 14.2. The van der Waals surface area contributed by atoms with E-state index in [0.29, 0.717) is 8.87 Å². The Morgan fingerprint density at radius 1 is 0.667 bits per heavy atom. The van der Waals surface area contributed by atoms with Crippen LogP contribution >= 0.6 is 0 Å². The third kappa shape index (κ3) is 11.5. The average molecular weight is 491 g/mol. The first-order valence-corrected chi connectivity index (χ1v) is 15.2. The summed E-state index contributed by atoms with van der Waals surface area (Å²) in [5.41, 5.74) is 0. The molecule has 152 valence electrons. The van der Waals surface area contributed by atoms with E-state index in [4.69, 9.17) is 6.15 Å². The summed E-state index contributed by atoms with van der Waals surface area (Å²) in [5.74, 6) is -2.86. The van der Waals surface area contributed by atoms with Gasteiger partial charge < -0.3 is 0 Å². The Kier molecular flexibility index (Phi) is 13.3. The van der Waals surface area contributed by atoms with Crippen LogP contribution in [0.3, 0.4) is 0 Å². The molecule has 9 heteroatoms. The van der Waals surface area contributed by atoms with Crippen LogP contribution in [-0.2, 0) is 34.8 Å². The molecule has 0 fully saturated rings. The van der Waals surface area contributed by atoms with Crippen LogP contribution < -0.4 is 0 Å². The molecule has 0 unspecified atom stereocenters. The summed E-state index contributed by atoms with van der Waals surface area (Å²) in [6.45, 7) is 3.96. The second-order valence-electron chi connectivity index (χ2n) is 5.67. The summed E-state index contributed by atoms with van der Waals surface area (Å²) in [5, 5.41) is 0. The summed E-state index contributed by atoms with van der Waals surface area (Å²) in [6.07, 6.45) is 7.01. The number of hydrogen-bond donors (Lipinski definition) is 0. The molecular formula is C18H28O8Sn. The Labute approximate surface area is 164 Å². The van der Waals surface area contributed by atoms with Crippen LogP contribution in [0.2, 0.25) is 8.87 Å². The zero-order valence-electron chi connectivity index (χ0n) is 16.3. The fourth-order valence-electron chi connectivity index (χ4n) is 2.09. The van der Waals surface area contributed by atoms with Crippen molar-refractivity contribution in [2.45, 2.75) is 48.4 Å². The van der Waals surface area contributed by atoms with Crippen molar-refractivity contribution in [2.24, 2.45) is 0 Å². The summed E-state index contributed by atoms with van der Waals surface area (Å²) in [7, 11) is 2.39. The Morgan fingerprint density at radius 3 is 1.30 bits per heavy atom. The maximum absolute atomic E-state index is 12.2. The third-order valence-electron chi connectivity index (χ3n) is 3.51. The van der Waals surface area contributed by atoms with Gasteiger partial charge in [0.05, 0.1) is 0 Å². The number of rotatable bonds is 12. The van der Waals surface area contributed by atoms with Crippen molar-refractivity contribution in [3.05, 3.63) is 24.3 Å². The quantitative estimate of drug-likeness (QED) is 0.233. The van der Waals surface area contributed by atoms with E-state index in [1.54, 1.807) is 0 Å². The van der Waals surface area contributed by atoms with Crippen LogP contribution in [-0.4, -0.2) is 57.3 Å². The zero-order valence-corrected chi connectivity index (χ0v) is 19.2. The standard InChI is InChI=1S/2C5H6O4.2C4H9.Sn/c2*1-9-5(8)3-2-4(6)7;2*1-3-4-2;/h2*2-3H,1H3,(H,6,7);2*1,3-4H2,2H3;/q;;;;+2/p-2/b2*3-2+;;;. The number of unbranched alkanes of at least 4 members (excludes halogenated alkanes) is 2. The van der Waals surface area contributed by atoms with Gasteiger partial charge in [0.15, 0.2) is 0 Å². The summed E-state index contributed by atoms with van der Waals surface area (Å²) < 4.78 is 21.1. The molecular weight excluding hydrogens is 463 g/mol. The predicted molar refractivity (Wildman–Crippen MR) is 99.7 cm³/mol. The van der Waals surface area contributed by atoms with E-state index in [0.717, 1.165) is 50.0 Å². The number of carbonyl (C=O) groups excluding carboxylic acids is 4. The average Bonchev–Trinajstić information content (AvgIpc) is 2.66. The van der Waals surface area contributed by atoms with Crippen LogP contribution in [0.1, 0.15) is 39.5 Å². The van der Waals surface area contributed by atoms with Crippen molar-refractivity contribution in [3.8, 4) is 0 Å². The van der Waals surface area contributed by atoms with Crippen molar-refractivity contribution < 1.29 is 34.8 Å². The zero-order chi connectivity index (χ0) is 20.7. The molecule has 0 rings (SSSR count). The fraction of sp³-hybridized carbons (Fsp3) is 0.556. The summed E-state index contributed by atoms with van der Waals surface area (Å²) in [4.78, 5) is 46.6. The van der Waals surface area contributed by atoms with Crippen molar-refractivity contribution in [2.75, 3.05) is 14.2 Å². The fourth-order valence-corrected chi connectivity index (χ4v) is 11.7. The number of carbonyl (C=O) groups is 4. The third-order valence-corrected chi connectivity index (χ3v) is 13.1. The Bertz CT molecular complexity index is 518. The monoisotopic (exact) mass is 492 g/mol. The van der Waals surface area contributed by atoms with Gasteiger partial charge >= 0.3 is 165 Å². The van der Waals surface area contributed by atoms with Gasteiger partial charge in [-0.25, -0.2) is 0 Å². The molecule has 0 spiro atoms. The molecule has 0 bridgehead atoms. The van der Waals surface area contributed by atoms with Gasteiger partial charge in [0, 0.05) is 0 Å². The summed E-state index contributed by atoms with van der Waals surface area (Å²) in [6, 6.07) is 0. The number of methoxy groups -OCH3 is 2. The maximum atomic E-state index is 12.2. The first-order valence-electron chi connectivity index (χ1n) is 8.80. The van der Waals surface area contributed by atoms with Crippen molar-refractivity contribution >= 4 is 43.1 Å². The normalized spacial score (nSPS) is 11.4. The minimum atomic E-state index is -4.13. The molecule has 0 aromatic rings. The Balaban J connectivity index is 5.41. The first-order chi connectivity index (χ1) is 12.8. The number of esters is 2. The molecule has 0 atom stereocenters. The number of ether oxygens (including phenoxy) is 2. The van der Waals surface area contributed by atoms with E-state index in [9.17, 15) is 19.2 Å². The van der Waals surface area contributed by atoms with Crippen LogP contribution in [0.5, 0.6) is 0 Å². The summed E-state index contributed by atoms with van der Waals surface area (Å²) >= 11 is -4.13. The van der Waals surface area contributed by atoms with E-state index < -0.39 is 43.1 Å². The van der Waals surface area contributed by atoms with Gasteiger partial charge in [0.2, 0.25) is 0 Å². The van der Waals surface area contributed by atoms with Gasteiger partial charge in [-0.1, -0.05) is 0 Å². The molecule has 0 aliphatic carbocycles. The molecule has 0 aliphatic heterocycles. The van der Waals surface area contributed by atoms with Gasteiger partial charge in [-0.05, 0) is 0 Å². The van der Waals surface area contributed by atoms with Gasteiger partial charge in [0.25, 0.3) is 0 Å². The molecule has 0 aromatic carbocycles. The molecule has 27 heavy (non-hydrogen) atoms. The molecule has 0 heterocycles. The van der Waals surface area contributed by atoms with Crippen molar-refractivity contribution in [1.82, 2.24) is 0 Å². The van der Waals surface area contributed by atoms with Gasteiger partial charge in [-0.3, -0.25) is 0 Å². The SMILES string of the molecule is CCC[CH2][Sn]([CH2]CCC)([O]C(=O)/C=C/C(=O)OC)[O]C(=O)/C=C/C(=O)OC. The molecule has 0 N–H and O–H groups in total. The Hall–Kier alpha value is -1.84. The van der Waals surface area contributed by atoms with Gasteiger partial charge in [-0.15, -0.1) is 0 Å². The van der Waals surface area contributed by atoms with Gasteiger partial charge in [0.1, 0.15) is 0 Å². The second-order valence-corrected chi connectivity index (χ2v) is 14.9. The predicted octanol–water partition coefficient (Wildman–Crippen LogP) is 2.57. The molecule has 0 saturated heterocycles. The van der Waals surface area contributed by atoms with Gasteiger partial charge in [-0.2, -0.15) is 0 Å². The Morgan fingerprint density at radius 2 is 1.00 bits per heavy atom. The molecule has 0 amide bonds. The van der Waals surface area contributed by atoms with Crippen LogP contribution in [0.25, 0.3) is 0 Å². The molecule has 0 saturated carbocycles. The topological polar surface area (TPSA) is 105 Å². The van der Waals surface area contributed by atoms with E-state index in [1.165, 1.54) is 14.2 Å². The van der Waals surface area contributed by atoms with E-state index >= 15 is 0 Å². The van der Waals surface area contributed by atoms with Crippen molar-refractivity contribution in [3.63, 3.8) is 0 Å². The molecule has 8 nitrogen and oxygen atoms in total. The van der Waals surface area contributed by atoms with Crippen LogP contribution in [0, 0.1) is 0 Å². The minimum absolute atomic E-state index is 0.501. The molecule has 0 aromatic heterocycles. The van der Waals surface area contributed by atoms with E-state index in [-0.39, 0.29) is 0 Å². The van der Waals surface area contributed by atoms with E-state index in [2.05, 4.69) is 9.47 Å². The number of hydrogen-bond acceptors (Lipinski definition) is 8. The van der Waals surface area contributed by atoms with Crippen LogP contribution in [0.4, 0.5) is 0 Å². The van der Waals surface area contributed by atoms with E-state index in [1.807, 2.05) is 13.8 Å². The van der Waals surface area contributed by atoms with Crippen LogP contribution in [0.15, 0.2) is 24.3 Å². The molecule has 0 aliphatic rings. The van der Waals surface area contributed by atoms with Crippen molar-refractivity contribution in [1.29, 1.82) is 0 Å². The first kappa shape index (κ1) is 25.2.